The number of aromatic nitrogens is 3. The average molecular weight is 370 g/mol. The third-order valence-electron chi connectivity index (χ3n) is 2.78. The van der Waals surface area contributed by atoms with Crippen LogP contribution in [0.25, 0.3) is 10.2 Å². The van der Waals surface area contributed by atoms with Crippen molar-refractivity contribution < 1.29 is 0 Å². The molecule has 0 saturated heterocycles. The maximum atomic E-state index is 5.63. The number of anilines is 1. The summed E-state index contributed by atoms with van der Waals surface area (Å²) in [4.78, 5) is 2.44. The number of fused-ring (bicyclic) bond motifs is 1. The van der Waals surface area contributed by atoms with Gasteiger partial charge < -0.3 is 11.1 Å². The summed E-state index contributed by atoms with van der Waals surface area (Å²) < 4.78 is 2.00. The molecule has 104 valence electrons. The van der Waals surface area contributed by atoms with E-state index in [0.29, 0.717) is 6.54 Å². The van der Waals surface area contributed by atoms with E-state index in [1.807, 2.05) is 6.07 Å². The SMILES string of the molecule is NCCc1sc2c(NCc3cccs3)nnnc2c1Br. The van der Waals surface area contributed by atoms with Gasteiger partial charge in [0.05, 0.1) is 11.0 Å². The van der Waals surface area contributed by atoms with Gasteiger partial charge in [0.15, 0.2) is 5.82 Å². The lowest BCUT2D eigenvalue weighted by Gasteiger charge is -2.02. The Morgan fingerprint density at radius 3 is 3.00 bits per heavy atom. The Kier molecular flexibility index (Phi) is 4.25. The number of rotatable bonds is 5. The fourth-order valence-electron chi connectivity index (χ4n) is 1.85. The van der Waals surface area contributed by atoms with E-state index in [-0.39, 0.29) is 0 Å². The van der Waals surface area contributed by atoms with Crippen molar-refractivity contribution in [2.24, 2.45) is 5.73 Å². The first kappa shape index (κ1) is 13.9. The van der Waals surface area contributed by atoms with E-state index in [9.17, 15) is 0 Å². The van der Waals surface area contributed by atoms with Gasteiger partial charge in [0, 0.05) is 9.75 Å². The minimum absolute atomic E-state index is 0.615. The summed E-state index contributed by atoms with van der Waals surface area (Å²) in [7, 11) is 0. The molecule has 0 aliphatic heterocycles. The van der Waals surface area contributed by atoms with Gasteiger partial charge in [0.1, 0.15) is 10.2 Å². The minimum atomic E-state index is 0.615. The van der Waals surface area contributed by atoms with Crippen LogP contribution >= 0.6 is 38.6 Å². The minimum Gasteiger partial charge on any atom is -0.362 e. The number of halogens is 1. The molecular weight excluding hydrogens is 358 g/mol. The molecule has 3 aromatic rings. The summed E-state index contributed by atoms with van der Waals surface area (Å²) in [5.74, 6) is 0.775. The van der Waals surface area contributed by atoms with Crippen LogP contribution in [-0.2, 0) is 13.0 Å². The van der Waals surface area contributed by atoms with Gasteiger partial charge in [-0.1, -0.05) is 6.07 Å². The van der Waals surface area contributed by atoms with Gasteiger partial charge in [-0.2, -0.15) is 0 Å². The summed E-state index contributed by atoms with van der Waals surface area (Å²) in [5, 5.41) is 17.4. The normalized spacial score (nSPS) is 11.1. The molecule has 0 bridgehead atoms. The van der Waals surface area contributed by atoms with Crippen LogP contribution in [0.3, 0.4) is 0 Å². The fraction of sp³-hybridized carbons (Fsp3) is 0.250. The monoisotopic (exact) mass is 369 g/mol. The largest absolute Gasteiger partial charge is 0.362 e. The second-order valence-corrected chi connectivity index (χ2v) is 7.06. The van der Waals surface area contributed by atoms with Crippen molar-refractivity contribution in [2.75, 3.05) is 11.9 Å². The Morgan fingerprint density at radius 1 is 1.35 bits per heavy atom. The zero-order chi connectivity index (χ0) is 13.9. The van der Waals surface area contributed by atoms with Crippen LogP contribution in [-0.4, -0.2) is 22.0 Å². The molecule has 0 spiro atoms. The van der Waals surface area contributed by atoms with Crippen LogP contribution in [0.1, 0.15) is 9.75 Å². The number of nitrogens with two attached hydrogens (primary N) is 1. The molecule has 3 aromatic heterocycles. The summed E-state index contributed by atoms with van der Waals surface area (Å²) in [6.07, 6.45) is 0.825. The van der Waals surface area contributed by atoms with Crippen LogP contribution in [0.4, 0.5) is 5.82 Å². The van der Waals surface area contributed by atoms with Crippen molar-refractivity contribution >= 4 is 54.6 Å². The van der Waals surface area contributed by atoms with E-state index in [1.165, 1.54) is 9.75 Å². The van der Waals surface area contributed by atoms with E-state index in [0.717, 1.165) is 33.5 Å². The first-order valence-corrected chi connectivity index (χ1v) is 8.55. The molecule has 0 fully saturated rings. The van der Waals surface area contributed by atoms with Crippen molar-refractivity contribution in [1.82, 2.24) is 15.4 Å². The van der Waals surface area contributed by atoms with Crippen molar-refractivity contribution in [3.05, 3.63) is 31.7 Å². The molecule has 0 unspecified atom stereocenters. The molecule has 0 aromatic carbocycles. The van der Waals surface area contributed by atoms with Gasteiger partial charge in [0.25, 0.3) is 0 Å². The number of hydrogen-bond acceptors (Lipinski definition) is 7. The molecule has 0 amide bonds. The second kappa shape index (κ2) is 6.13. The third-order valence-corrected chi connectivity index (χ3v) is 6.02. The topological polar surface area (TPSA) is 76.7 Å². The van der Waals surface area contributed by atoms with E-state index < -0.39 is 0 Å². The van der Waals surface area contributed by atoms with E-state index in [1.54, 1.807) is 22.7 Å². The van der Waals surface area contributed by atoms with E-state index in [2.05, 4.69) is 48.1 Å². The quantitative estimate of drug-likeness (QED) is 0.722. The molecule has 0 atom stereocenters. The third kappa shape index (κ3) is 2.69. The Bertz CT molecular complexity index is 710. The number of thiophene rings is 2. The van der Waals surface area contributed by atoms with Crippen molar-refractivity contribution in [1.29, 1.82) is 0 Å². The summed E-state index contributed by atoms with van der Waals surface area (Å²) in [6.45, 7) is 1.36. The highest BCUT2D eigenvalue weighted by atomic mass is 79.9. The fourth-order valence-corrected chi connectivity index (χ4v) is 4.44. The number of nitrogens with one attached hydrogen (secondary N) is 1. The second-order valence-electron chi connectivity index (χ2n) is 4.13. The van der Waals surface area contributed by atoms with Crippen LogP contribution < -0.4 is 11.1 Å². The van der Waals surface area contributed by atoms with Crippen LogP contribution in [0, 0.1) is 0 Å². The summed E-state index contributed by atoms with van der Waals surface area (Å²) in [6, 6.07) is 4.13. The van der Waals surface area contributed by atoms with Gasteiger partial charge in [-0.05, 0) is 45.6 Å². The predicted octanol–water partition coefficient (Wildman–Crippen LogP) is 3.02. The number of nitrogens with zero attached hydrogens (tertiary/aromatic N) is 3. The maximum absolute atomic E-state index is 5.63. The lowest BCUT2D eigenvalue weighted by Crippen LogP contribution is -2.02. The lowest BCUT2D eigenvalue weighted by atomic mass is 10.3. The number of hydrogen-bond donors (Lipinski definition) is 2. The zero-order valence-electron chi connectivity index (χ0n) is 10.5. The Labute approximate surface area is 132 Å². The van der Waals surface area contributed by atoms with E-state index in [4.69, 9.17) is 5.73 Å². The predicted molar refractivity (Wildman–Crippen MR) is 87.3 cm³/mol. The zero-order valence-corrected chi connectivity index (χ0v) is 13.7. The molecular formula is C12H12BrN5S2. The molecule has 3 rings (SSSR count). The highest BCUT2D eigenvalue weighted by Crippen LogP contribution is 2.37. The first-order chi connectivity index (χ1) is 9.79. The van der Waals surface area contributed by atoms with Crippen molar-refractivity contribution in [2.45, 2.75) is 13.0 Å². The molecule has 8 heteroatoms. The molecule has 20 heavy (non-hydrogen) atoms. The highest BCUT2D eigenvalue weighted by Gasteiger charge is 2.15. The maximum Gasteiger partial charge on any atom is 0.170 e. The van der Waals surface area contributed by atoms with Crippen LogP contribution in [0.5, 0.6) is 0 Å². The smallest absolute Gasteiger partial charge is 0.170 e. The first-order valence-electron chi connectivity index (χ1n) is 6.06. The van der Waals surface area contributed by atoms with Gasteiger partial charge in [-0.25, -0.2) is 0 Å². The van der Waals surface area contributed by atoms with Crippen molar-refractivity contribution in [3.63, 3.8) is 0 Å². The summed E-state index contributed by atoms with van der Waals surface area (Å²) >= 11 is 6.95. The lowest BCUT2D eigenvalue weighted by molar-refractivity contribution is 0.892. The van der Waals surface area contributed by atoms with Gasteiger partial charge in [0.2, 0.25) is 0 Å². The Balaban J connectivity index is 1.92. The molecule has 0 aliphatic rings. The molecule has 0 radical (unpaired) electrons. The Hall–Kier alpha value is -1.09. The standard InChI is InChI=1S/C12H12BrN5S2/c13-9-8(3-4-14)20-11-10(9)16-18-17-12(11)15-6-7-2-1-5-19-7/h1-2,5H,3-4,6,14H2,(H,15,16,17). The molecule has 3 N–H and O–H groups in total. The summed E-state index contributed by atoms with van der Waals surface area (Å²) in [5.41, 5.74) is 6.48. The molecule has 5 nitrogen and oxygen atoms in total. The van der Waals surface area contributed by atoms with E-state index >= 15 is 0 Å². The highest BCUT2D eigenvalue weighted by molar-refractivity contribution is 9.10. The molecule has 3 heterocycles. The van der Waals surface area contributed by atoms with Gasteiger partial charge in [-0.3, -0.25) is 0 Å². The molecule has 0 aliphatic carbocycles. The van der Waals surface area contributed by atoms with Crippen LogP contribution in [0.15, 0.2) is 22.0 Å². The van der Waals surface area contributed by atoms with Gasteiger partial charge in [-0.15, -0.1) is 32.9 Å². The van der Waals surface area contributed by atoms with Crippen LogP contribution in [0.2, 0.25) is 0 Å². The average Bonchev–Trinajstić information content (AvgIpc) is 3.07. The molecule has 0 saturated carbocycles. The van der Waals surface area contributed by atoms with Crippen molar-refractivity contribution in [3.8, 4) is 0 Å². The van der Waals surface area contributed by atoms with Gasteiger partial charge >= 0.3 is 0 Å². The Morgan fingerprint density at radius 2 is 2.25 bits per heavy atom.